The number of imidazole rings is 1. The summed E-state index contributed by atoms with van der Waals surface area (Å²) >= 11 is 0. The second-order valence-corrected chi connectivity index (χ2v) is 7.13. The molecule has 0 bridgehead atoms. The molecule has 2 aromatic heterocycles. The van der Waals surface area contributed by atoms with Crippen molar-refractivity contribution in [2.75, 3.05) is 6.54 Å². The number of nitrogens with zero attached hydrogens (tertiary/aromatic N) is 2. The van der Waals surface area contributed by atoms with Crippen LogP contribution in [0.25, 0.3) is 5.65 Å². The predicted octanol–water partition coefficient (Wildman–Crippen LogP) is 2.75. The van der Waals surface area contributed by atoms with Gasteiger partial charge in [0.15, 0.2) is 0 Å². The van der Waals surface area contributed by atoms with E-state index in [1.54, 1.807) is 6.20 Å². The number of nitrogens with one attached hydrogen (secondary N) is 1. The van der Waals surface area contributed by atoms with Crippen LogP contribution in [0.2, 0.25) is 0 Å². The van der Waals surface area contributed by atoms with Gasteiger partial charge in [0.25, 0.3) is 0 Å². The number of aromatic nitrogens is 2. The molecule has 6 nitrogen and oxygen atoms in total. The number of ether oxygens (including phenoxy) is 1. The maximum Gasteiger partial charge on any atom is 0.573 e. The fourth-order valence-electron chi connectivity index (χ4n) is 2.32. The molecule has 26 heavy (non-hydrogen) atoms. The Morgan fingerprint density at radius 1 is 1.12 bits per heavy atom. The molecule has 1 aromatic carbocycles. The number of alkyl halides is 3. The van der Waals surface area contributed by atoms with Gasteiger partial charge in [0.1, 0.15) is 11.4 Å². The molecule has 3 aromatic rings. The van der Waals surface area contributed by atoms with E-state index in [4.69, 9.17) is 0 Å². The Bertz CT molecular complexity index is 966. The Morgan fingerprint density at radius 3 is 2.50 bits per heavy atom. The van der Waals surface area contributed by atoms with Crippen molar-refractivity contribution in [1.29, 1.82) is 0 Å². The molecule has 0 amide bonds. The Balaban J connectivity index is 1.61. The minimum Gasteiger partial charge on any atom is -0.406 e. The van der Waals surface area contributed by atoms with Gasteiger partial charge in [-0.3, -0.25) is 0 Å². The maximum atomic E-state index is 12.2. The van der Waals surface area contributed by atoms with Gasteiger partial charge in [-0.1, -0.05) is 6.07 Å². The van der Waals surface area contributed by atoms with E-state index in [-0.39, 0.29) is 11.4 Å². The average molecular weight is 385 g/mol. The SMILES string of the molecule is O=S(=O)(NCCc1cn2ccccc2n1)c1ccc(OC(F)(F)F)cc1. The van der Waals surface area contributed by atoms with Crippen molar-refractivity contribution >= 4 is 15.7 Å². The lowest BCUT2D eigenvalue weighted by atomic mass is 10.3. The largest absolute Gasteiger partial charge is 0.573 e. The second-order valence-electron chi connectivity index (χ2n) is 5.37. The highest BCUT2D eigenvalue weighted by atomic mass is 32.2. The van der Waals surface area contributed by atoms with Crippen LogP contribution >= 0.6 is 0 Å². The first-order chi connectivity index (χ1) is 12.2. The maximum absolute atomic E-state index is 12.2. The number of sulfonamides is 1. The zero-order chi connectivity index (χ0) is 18.8. The summed E-state index contributed by atoms with van der Waals surface area (Å²) in [5.74, 6) is -0.485. The number of fused-ring (bicyclic) bond motifs is 1. The number of hydrogen-bond donors (Lipinski definition) is 1. The summed E-state index contributed by atoms with van der Waals surface area (Å²) in [4.78, 5) is 4.20. The molecule has 1 N–H and O–H groups in total. The lowest BCUT2D eigenvalue weighted by Gasteiger charge is -2.10. The van der Waals surface area contributed by atoms with Gasteiger partial charge in [0.05, 0.1) is 10.6 Å². The number of rotatable bonds is 6. The van der Waals surface area contributed by atoms with Crippen LogP contribution in [0.4, 0.5) is 13.2 Å². The third-order valence-electron chi connectivity index (χ3n) is 3.45. The summed E-state index contributed by atoms with van der Waals surface area (Å²) in [5.41, 5.74) is 1.47. The van der Waals surface area contributed by atoms with E-state index in [1.807, 2.05) is 28.8 Å². The van der Waals surface area contributed by atoms with Gasteiger partial charge in [-0.2, -0.15) is 0 Å². The van der Waals surface area contributed by atoms with Gasteiger partial charge in [0, 0.05) is 25.4 Å². The number of hydrogen-bond acceptors (Lipinski definition) is 4. The molecular weight excluding hydrogens is 371 g/mol. The average Bonchev–Trinajstić information content (AvgIpc) is 2.96. The van der Waals surface area contributed by atoms with Gasteiger partial charge < -0.3 is 9.14 Å². The van der Waals surface area contributed by atoms with Crippen LogP contribution in [-0.4, -0.2) is 30.7 Å². The van der Waals surface area contributed by atoms with Crippen molar-refractivity contribution in [2.45, 2.75) is 17.7 Å². The predicted molar refractivity (Wildman–Crippen MR) is 87.2 cm³/mol. The van der Waals surface area contributed by atoms with E-state index in [0.717, 1.165) is 29.9 Å². The van der Waals surface area contributed by atoms with Crippen molar-refractivity contribution < 1.29 is 26.3 Å². The summed E-state index contributed by atoms with van der Waals surface area (Å²) in [6.07, 6.45) is -0.823. The smallest absolute Gasteiger partial charge is 0.406 e. The Kier molecular flexibility index (Phi) is 4.88. The van der Waals surface area contributed by atoms with Crippen LogP contribution in [0.1, 0.15) is 5.69 Å². The summed E-state index contributed by atoms with van der Waals surface area (Å²) < 4.78 is 68.7. The highest BCUT2D eigenvalue weighted by molar-refractivity contribution is 7.89. The zero-order valence-electron chi connectivity index (χ0n) is 13.3. The molecule has 0 unspecified atom stereocenters. The summed E-state index contributed by atoms with van der Waals surface area (Å²) in [6.45, 7) is 0.104. The lowest BCUT2D eigenvalue weighted by Crippen LogP contribution is -2.26. The molecule has 0 spiro atoms. The van der Waals surface area contributed by atoms with E-state index in [1.165, 1.54) is 0 Å². The van der Waals surface area contributed by atoms with Crippen LogP contribution in [0.5, 0.6) is 5.75 Å². The van der Waals surface area contributed by atoms with Crippen LogP contribution in [-0.2, 0) is 16.4 Å². The van der Waals surface area contributed by atoms with Gasteiger partial charge in [-0.15, -0.1) is 13.2 Å². The quantitative estimate of drug-likeness (QED) is 0.708. The molecule has 2 heterocycles. The molecule has 138 valence electrons. The molecule has 0 aliphatic rings. The second kappa shape index (κ2) is 6.96. The molecule has 3 rings (SSSR count). The standard InChI is InChI=1S/C16H14F3N3O3S/c17-16(18,19)25-13-4-6-14(7-5-13)26(23,24)20-9-8-12-11-22-10-2-1-3-15(22)21-12/h1-7,10-11,20H,8-9H2. The van der Waals surface area contributed by atoms with E-state index in [2.05, 4.69) is 14.4 Å². The highest BCUT2D eigenvalue weighted by Crippen LogP contribution is 2.23. The monoisotopic (exact) mass is 385 g/mol. The molecule has 0 atom stereocenters. The molecule has 10 heteroatoms. The fraction of sp³-hybridized carbons (Fsp3) is 0.188. The molecule has 0 saturated carbocycles. The first-order valence-corrected chi connectivity index (χ1v) is 8.99. The van der Waals surface area contributed by atoms with E-state index >= 15 is 0 Å². The highest BCUT2D eigenvalue weighted by Gasteiger charge is 2.31. The molecule has 0 saturated heterocycles. The Labute approximate surface area is 147 Å². The Hall–Kier alpha value is -2.59. The summed E-state index contributed by atoms with van der Waals surface area (Å²) in [5, 5.41) is 0. The third kappa shape index (κ3) is 4.52. The normalized spacial score (nSPS) is 12.4. The lowest BCUT2D eigenvalue weighted by molar-refractivity contribution is -0.274. The number of benzene rings is 1. The summed E-state index contributed by atoms with van der Waals surface area (Å²) in [6, 6.07) is 9.53. The fourth-order valence-corrected chi connectivity index (χ4v) is 3.36. The van der Waals surface area contributed by atoms with Crippen molar-refractivity contribution in [3.63, 3.8) is 0 Å². The van der Waals surface area contributed by atoms with Gasteiger partial charge in [-0.05, 0) is 36.4 Å². The number of pyridine rings is 1. The Morgan fingerprint density at radius 2 is 1.85 bits per heavy atom. The van der Waals surface area contributed by atoms with E-state index in [9.17, 15) is 21.6 Å². The van der Waals surface area contributed by atoms with Crippen LogP contribution in [0, 0.1) is 0 Å². The minimum absolute atomic E-state index is 0.104. The molecule has 0 fully saturated rings. The van der Waals surface area contributed by atoms with Gasteiger partial charge in [0.2, 0.25) is 10.0 Å². The minimum atomic E-state index is -4.83. The topological polar surface area (TPSA) is 72.7 Å². The molecule has 0 aliphatic carbocycles. The first-order valence-electron chi connectivity index (χ1n) is 7.51. The van der Waals surface area contributed by atoms with Gasteiger partial charge >= 0.3 is 6.36 Å². The van der Waals surface area contributed by atoms with Crippen LogP contribution in [0.15, 0.2) is 59.8 Å². The first kappa shape index (κ1) is 18.2. The van der Waals surface area contributed by atoms with Gasteiger partial charge in [-0.25, -0.2) is 18.1 Å². The van der Waals surface area contributed by atoms with Crippen molar-refractivity contribution in [2.24, 2.45) is 0 Å². The van der Waals surface area contributed by atoms with Crippen LogP contribution in [0.3, 0.4) is 0 Å². The van der Waals surface area contributed by atoms with Crippen LogP contribution < -0.4 is 9.46 Å². The third-order valence-corrected chi connectivity index (χ3v) is 4.93. The molecular formula is C16H14F3N3O3S. The number of halogens is 3. The summed E-state index contributed by atoms with van der Waals surface area (Å²) in [7, 11) is -3.84. The molecule has 0 radical (unpaired) electrons. The van der Waals surface area contributed by atoms with E-state index in [0.29, 0.717) is 12.1 Å². The van der Waals surface area contributed by atoms with Crippen molar-refractivity contribution in [3.8, 4) is 5.75 Å². The molecule has 0 aliphatic heterocycles. The van der Waals surface area contributed by atoms with Crippen molar-refractivity contribution in [1.82, 2.24) is 14.1 Å². The zero-order valence-corrected chi connectivity index (χ0v) is 14.1. The van der Waals surface area contributed by atoms with Crippen molar-refractivity contribution in [3.05, 3.63) is 60.6 Å². The van der Waals surface area contributed by atoms with E-state index < -0.39 is 22.1 Å².